The number of fused-ring (bicyclic) bond motifs is 1. The zero-order chi connectivity index (χ0) is 19.4. The van der Waals surface area contributed by atoms with Crippen molar-refractivity contribution in [1.29, 1.82) is 5.26 Å². The minimum atomic E-state index is -0.194. The van der Waals surface area contributed by atoms with Crippen molar-refractivity contribution in [3.63, 3.8) is 0 Å². The highest BCUT2D eigenvalue weighted by Gasteiger charge is 2.35. The lowest BCUT2D eigenvalue weighted by molar-refractivity contribution is 0.0593. The number of para-hydroxylation sites is 1. The van der Waals surface area contributed by atoms with Crippen molar-refractivity contribution >= 4 is 17.3 Å². The van der Waals surface area contributed by atoms with Crippen LogP contribution in [0.4, 0.5) is 11.4 Å². The molecule has 0 unspecified atom stereocenters. The minimum absolute atomic E-state index is 0.0684. The van der Waals surface area contributed by atoms with E-state index < -0.39 is 0 Å². The maximum atomic E-state index is 13.1. The maximum absolute atomic E-state index is 13.1. The van der Waals surface area contributed by atoms with E-state index in [1.165, 1.54) is 0 Å². The standard InChI is InChI=1S/C22H26N4O/c1-4-16(2)26-21(24-20-9-6-5-8-19(20)22(26)27)17-10-12-18(13-11-17)25(3)15-7-14-23/h5-6,8-13,16,21,24H,4,7,15H2,1-3H3/t16-,21+/m0/s1. The number of carbonyl (C=O) groups is 1. The third-order valence-corrected chi connectivity index (χ3v) is 5.24. The van der Waals surface area contributed by atoms with Crippen LogP contribution >= 0.6 is 0 Å². The smallest absolute Gasteiger partial charge is 0.258 e. The summed E-state index contributed by atoms with van der Waals surface area (Å²) in [4.78, 5) is 17.1. The Bertz CT molecular complexity index is 840. The van der Waals surface area contributed by atoms with Gasteiger partial charge in [0, 0.05) is 31.0 Å². The normalized spacial score (nSPS) is 16.9. The lowest BCUT2D eigenvalue weighted by atomic mass is 10.0. The predicted molar refractivity (Wildman–Crippen MR) is 109 cm³/mol. The van der Waals surface area contributed by atoms with E-state index in [1.807, 2.05) is 48.3 Å². The highest BCUT2D eigenvalue weighted by Crippen LogP contribution is 2.35. The van der Waals surface area contributed by atoms with Gasteiger partial charge in [-0.25, -0.2) is 0 Å². The molecule has 1 heterocycles. The van der Waals surface area contributed by atoms with E-state index in [1.54, 1.807) is 0 Å². The Morgan fingerprint density at radius 3 is 2.59 bits per heavy atom. The van der Waals surface area contributed by atoms with Crippen LogP contribution in [-0.2, 0) is 0 Å². The van der Waals surface area contributed by atoms with Crippen LogP contribution in [0, 0.1) is 11.3 Å². The molecule has 2 aromatic carbocycles. The topological polar surface area (TPSA) is 59.4 Å². The Balaban J connectivity index is 1.91. The largest absolute Gasteiger partial charge is 0.374 e. The average Bonchev–Trinajstić information content (AvgIpc) is 2.71. The Kier molecular flexibility index (Phi) is 5.66. The van der Waals surface area contributed by atoms with Crippen LogP contribution in [0.15, 0.2) is 48.5 Å². The quantitative estimate of drug-likeness (QED) is 0.827. The zero-order valence-electron chi connectivity index (χ0n) is 16.1. The first-order valence-electron chi connectivity index (χ1n) is 9.43. The molecule has 5 heteroatoms. The number of anilines is 2. The number of nitrogens with one attached hydrogen (secondary N) is 1. The molecule has 2 atom stereocenters. The summed E-state index contributed by atoms with van der Waals surface area (Å²) in [7, 11) is 1.98. The first-order chi connectivity index (χ1) is 13.1. The number of hydrogen-bond acceptors (Lipinski definition) is 4. The van der Waals surface area contributed by atoms with Gasteiger partial charge in [0.25, 0.3) is 5.91 Å². The number of amides is 1. The summed E-state index contributed by atoms with van der Waals surface area (Å²) in [5, 5.41) is 12.3. The van der Waals surface area contributed by atoms with Gasteiger partial charge in [-0.2, -0.15) is 5.26 Å². The van der Waals surface area contributed by atoms with Crippen LogP contribution in [0.5, 0.6) is 0 Å². The summed E-state index contributed by atoms with van der Waals surface area (Å²) in [5.74, 6) is 0.0684. The van der Waals surface area contributed by atoms with Crippen LogP contribution in [-0.4, -0.2) is 30.4 Å². The molecule has 0 saturated heterocycles. The van der Waals surface area contributed by atoms with Gasteiger partial charge in [0.05, 0.1) is 18.1 Å². The van der Waals surface area contributed by atoms with Crippen molar-refractivity contribution < 1.29 is 4.79 Å². The summed E-state index contributed by atoms with van der Waals surface area (Å²) in [6, 6.07) is 18.2. The second-order valence-corrected chi connectivity index (χ2v) is 6.98. The molecule has 1 aliphatic rings. The molecule has 0 fully saturated rings. The third kappa shape index (κ3) is 3.75. The van der Waals surface area contributed by atoms with Gasteiger partial charge >= 0.3 is 0 Å². The zero-order valence-corrected chi connectivity index (χ0v) is 16.1. The molecule has 1 N–H and O–H groups in total. The first kappa shape index (κ1) is 18.8. The summed E-state index contributed by atoms with van der Waals surface area (Å²) >= 11 is 0. The van der Waals surface area contributed by atoms with Crippen molar-refractivity contribution in [3.05, 3.63) is 59.7 Å². The minimum Gasteiger partial charge on any atom is -0.374 e. The van der Waals surface area contributed by atoms with Gasteiger partial charge in [0.2, 0.25) is 0 Å². The number of nitriles is 1. The number of nitrogens with zero attached hydrogens (tertiary/aromatic N) is 3. The predicted octanol–water partition coefficient (Wildman–Crippen LogP) is 4.40. The van der Waals surface area contributed by atoms with Crippen LogP contribution in [0.3, 0.4) is 0 Å². The molecule has 0 radical (unpaired) electrons. The molecule has 0 bridgehead atoms. The van der Waals surface area contributed by atoms with E-state index in [0.29, 0.717) is 13.0 Å². The molecule has 1 aliphatic heterocycles. The lowest BCUT2D eigenvalue weighted by Crippen LogP contribution is -2.47. The molecule has 0 saturated carbocycles. The maximum Gasteiger partial charge on any atom is 0.258 e. The highest BCUT2D eigenvalue weighted by molar-refractivity contribution is 6.01. The van der Waals surface area contributed by atoms with E-state index in [9.17, 15) is 4.79 Å². The number of hydrogen-bond donors (Lipinski definition) is 1. The van der Waals surface area contributed by atoms with E-state index in [2.05, 4.69) is 42.3 Å². The van der Waals surface area contributed by atoms with Gasteiger partial charge in [-0.3, -0.25) is 4.79 Å². The third-order valence-electron chi connectivity index (χ3n) is 5.24. The van der Waals surface area contributed by atoms with Crippen LogP contribution in [0.25, 0.3) is 0 Å². The Morgan fingerprint density at radius 2 is 1.93 bits per heavy atom. The molecular formula is C22H26N4O. The van der Waals surface area contributed by atoms with Crippen molar-refractivity contribution in [3.8, 4) is 6.07 Å². The molecule has 2 aromatic rings. The molecule has 0 spiro atoms. The van der Waals surface area contributed by atoms with Crippen LogP contribution in [0.1, 0.15) is 48.8 Å². The first-order valence-corrected chi connectivity index (χ1v) is 9.43. The van der Waals surface area contributed by atoms with E-state index in [0.717, 1.165) is 28.9 Å². The molecular weight excluding hydrogens is 336 g/mol. The number of carbonyl (C=O) groups excluding carboxylic acids is 1. The van der Waals surface area contributed by atoms with Gasteiger partial charge in [-0.1, -0.05) is 31.2 Å². The molecule has 0 aromatic heterocycles. The molecule has 140 valence electrons. The Labute approximate surface area is 161 Å². The van der Waals surface area contributed by atoms with Crippen LogP contribution in [0.2, 0.25) is 0 Å². The fourth-order valence-corrected chi connectivity index (χ4v) is 3.42. The fraction of sp³-hybridized carbons (Fsp3) is 0.364. The highest BCUT2D eigenvalue weighted by atomic mass is 16.2. The summed E-state index contributed by atoms with van der Waals surface area (Å²) in [5.41, 5.74) is 3.71. The van der Waals surface area contributed by atoms with Crippen molar-refractivity contribution in [2.75, 3.05) is 23.8 Å². The molecule has 5 nitrogen and oxygen atoms in total. The average molecular weight is 362 g/mol. The van der Waals surface area contributed by atoms with Crippen molar-refractivity contribution in [2.45, 2.75) is 38.9 Å². The van der Waals surface area contributed by atoms with Crippen molar-refractivity contribution in [1.82, 2.24) is 4.90 Å². The monoisotopic (exact) mass is 362 g/mol. The van der Waals surface area contributed by atoms with Crippen LogP contribution < -0.4 is 10.2 Å². The Hall–Kier alpha value is -3.00. The van der Waals surface area contributed by atoms with Crippen molar-refractivity contribution in [2.24, 2.45) is 0 Å². The summed E-state index contributed by atoms with van der Waals surface area (Å²) in [6.45, 7) is 4.88. The lowest BCUT2D eigenvalue weighted by Gasteiger charge is -2.41. The fourth-order valence-electron chi connectivity index (χ4n) is 3.42. The van der Waals surface area contributed by atoms with E-state index in [-0.39, 0.29) is 18.1 Å². The summed E-state index contributed by atoms with van der Waals surface area (Å²) < 4.78 is 0. The number of benzene rings is 2. The molecule has 1 amide bonds. The molecule has 3 rings (SSSR count). The van der Waals surface area contributed by atoms with Gasteiger partial charge < -0.3 is 15.1 Å². The number of rotatable bonds is 6. The molecule has 0 aliphatic carbocycles. The van der Waals surface area contributed by atoms with Gasteiger partial charge in [0.15, 0.2) is 0 Å². The second kappa shape index (κ2) is 8.13. The van der Waals surface area contributed by atoms with Gasteiger partial charge in [-0.15, -0.1) is 0 Å². The summed E-state index contributed by atoms with van der Waals surface area (Å²) in [6.07, 6.45) is 1.19. The SMILES string of the molecule is CC[C@H](C)N1C(=O)c2ccccc2N[C@H]1c1ccc(N(C)CCC#N)cc1. The second-order valence-electron chi connectivity index (χ2n) is 6.98. The van der Waals surface area contributed by atoms with Gasteiger partial charge in [0.1, 0.15) is 6.17 Å². The molecule has 27 heavy (non-hydrogen) atoms. The van der Waals surface area contributed by atoms with E-state index >= 15 is 0 Å². The van der Waals surface area contributed by atoms with E-state index in [4.69, 9.17) is 5.26 Å². The Morgan fingerprint density at radius 1 is 1.22 bits per heavy atom. The van der Waals surface area contributed by atoms with Gasteiger partial charge in [-0.05, 0) is 43.2 Å².